The number of aromatic nitrogens is 2. The zero-order chi connectivity index (χ0) is 12.5. The van der Waals surface area contributed by atoms with Crippen LogP contribution in [0.5, 0.6) is 5.75 Å². The van der Waals surface area contributed by atoms with E-state index in [1.165, 1.54) is 12.8 Å². The van der Waals surface area contributed by atoms with E-state index in [1.54, 1.807) is 6.20 Å². The minimum absolute atomic E-state index is 0.547. The van der Waals surface area contributed by atoms with E-state index in [0.717, 1.165) is 17.7 Å². The van der Waals surface area contributed by atoms with Crippen molar-refractivity contribution < 1.29 is 4.74 Å². The zero-order valence-electron chi connectivity index (χ0n) is 9.82. The van der Waals surface area contributed by atoms with Crippen LogP contribution in [0.4, 0.5) is 5.82 Å². The summed E-state index contributed by atoms with van der Waals surface area (Å²) in [5.74, 6) is 1.95. The van der Waals surface area contributed by atoms with Crippen LogP contribution in [0.3, 0.4) is 0 Å². The van der Waals surface area contributed by atoms with Gasteiger partial charge in [-0.25, -0.2) is 0 Å². The number of nitrogens with one attached hydrogen (secondary N) is 1. The molecule has 1 heterocycles. The SMILES string of the molecule is Nc1[nH]ncc1-c1ccc(Cl)c(OCC2CC2)c1. The third-order valence-electron chi connectivity index (χ3n) is 3.08. The number of anilines is 1. The first-order valence-corrected chi connectivity index (χ1v) is 6.33. The third-order valence-corrected chi connectivity index (χ3v) is 3.39. The molecule has 0 amide bonds. The molecular weight excluding hydrogens is 250 g/mol. The quantitative estimate of drug-likeness (QED) is 0.891. The molecule has 4 nitrogen and oxygen atoms in total. The normalized spacial score (nSPS) is 14.7. The number of nitrogen functional groups attached to an aromatic ring is 1. The topological polar surface area (TPSA) is 63.9 Å². The molecule has 1 aliphatic rings. The molecule has 1 fully saturated rings. The smallest absolute Gasteiger partial charge is 0.138 e. The molecular formula is C13H14ClN3O. The summed E-state index contributed by atoms with van der Waals surface area (Å²) in [7, 11) is 0. The summed E-state index contributed by atoms with van der Waals surface area (Å²) >= 11 is 6.12. The van der Waals surface area contributed by atoms with Gasteiger partial charge in [0.15, 0.2) is 0 Å². The van der Waals surface area contributed by atoms with Gasteiger partial charge in [-0.15, -0.1) is 0 Å². The van der Waals surface area contributed by atoms with Crippen molar-refractivity contribution >= 4 is 17.4 Å². The minimum Gasteiger partial charge on any atom is -0.492 e. The highest BCUT2D eigenvalue weighted by atomic mass is 35.5. The maximum absolute atomic E-state index is 6.12. The monoisotopic (exact) mass is 263 g/mol. The summed E-state index contributed by atoms with van der Waals surface area (Å²) in [5.41, 5.74) is 7.62. The van der Waals surface area contributed by atoms with E-state index in [4.69, 9.17) is 22.1 Å². The number of halogens is 1. The fraction of sp³-hybridized carbons (Fsp3) is 0.308. The number of hydrogen-bond acceptors (Lipinski definition) is 3. The Balaban J connectivity index is 1.87. The van der Waals surface area contributed by atoms with Crippen molar-refractivity contribution in [3.05, 3.63) is 29.4 Å². The largest absolute Gasteiger partial charge is 0.492 e. The van der Waals surface area contributed by atoms with Crippen molar-refractivity contribution in [1.29, 1.82) is 0 Å². The summed E-state index contributed by atoms with van der Waals surface area (Å²) in [6, 6.07) is 5.64. The zero-order valence-corrected chi connectivity index (χ0v) is 10.6. The molecule has 1 aromatic carbocycles. The van der Waals surface area contributed by atoms with Crippen LogP contribution in [0.1, 0.15) is 12.8 Å². The molecule has 0 aliphatic heterocycles. The third kappa shape index (κ3) is 2.29. The molecule has 1 saturated carbocycles. The molecule has 94 valence electrons. The number of rotatable bonds is 4. The second-order valence-electron chi connectivity index (χ2n) is 4.60. The summed E-state index contributed by atoms with van der Waals surface area (Å²) < 4.78 is 5.74. The number of hydrogen-bond donors (Lipinski definition) is 2. The Hall–Kier alpha value is -1.68. The summed E-state index contributed by atoms with van der Waals surface area (Å²) in [6.45, 7) is 0.740. The Morgan fingerprint density at radius 1 is 1.44 bits per heavy atom. The minimum atomic E-state index is 0.547. The van der Waals surface area contributed by atoms with Crippen molar-refractivity contribution in [2.75, 3.05) is 12.3 Å². The fourth-order valence-corrected chi connectivity index (χ4v) is 1.97. The van der Waals surface area contributed by atoms with E-state index in [-0.39, 0.29) is 0 Å². The van der Waals surface area contributed by atoms with Gasteiger partial charge in [0.25, 0.3) is 0 Å². The van der Waals surface area contributed by atoms with E-state index < -0.39 is 0 Å². The molecule has 3 N–H and O–H groups in total. The van der Waals surface area contributed by atoms with Crippen LogP contribution in [-0.4, -0.2) is 16.8 Å². The molecule has 0 radical (unpaired) electrons. The van der Waals surface area contributed by atoms with Gasteiger partial charge in [0, 0.05) is 5.56 Å². The average molecular weight is 264 g/mol. The van der Waals surface area contributed by atoms with Crippen molar-refractivity contribution in [3.8, 4) is 16.9 Å². The Labute approximate surface area is 110 Å². The first-order chi connectivity index (χ1) is 8.74. The molecule has 2 aromatic rings. The number of nitrogens with zero attached hydrogens (tertiary/aromatic N) is 1. The van der Waals surface area contributed by atoms with Crippen LogP contribution in [0.15, 0.2) is 24.4 Å². The standard InChI is InChI=1S/C13H14ClN3O/c14-11-4-3-9(10-6-16-17-13(10)15)5-12(11)18-7-8-1-2-8/h3-6,8H,1-2,7H2,(H3,15,16,17). The molecule has 0 spiro atoms. The van der Waals surface area contributed by atoms with Crippen molar-refractivity contribution in [2.24, 2.45) is 5.92 Å². The second-order valence-corrected chi connectivity index (χ2v) is 5.00. The van der Waals surface area contributed by atoms with Crippen molar-refractivity contribution in [2.45, 2.75) is 12.8 Å². The maximum atomic E-state index is 6.12. The lowest BCUT2D eigenvalue weighted by Crippen LogP contribution is -1.99. The van der Waals surface area contributed by atoms with Gasteiger partial charge in [-0.05, 0) is 36.5 Å². The van der Waals surface area contributed by atoms with Crippen LogP contribution >= 0.6 is 11.6 Å². The molecule has 0 unspecified atom stereocenters. The summed E-state index contributed by atoms with van der Waals surface area (Å²) in [6.07, 6.45) is 4.21. The Morgan fingerprint density at radius 2 is 2.28 bits per heavy atom. The van der Waals surface area contributed by atoms with Crippen molar-refractivity contribution in [3.63, 3.8) is 0 Å². The van der Waals surface area contributed by atoms with E-state index in [2.05, 4.69) is 10.2 Å². The molecule has 0 bridgehead atoms. The van der Waals surface area contributed by atoms with Gasteiger partial charge in [-0.2, -0.15) is 5.10 Å². The molecule has 0 saturated heterocycles. The molecule has 1 aliphatic carbocycles. The van der Waals surface area contributed by atoms with E-state index >= 15 is 0 Å². The van der Waals surface area contributed by atoms with Crippen LogP contribution in [0.25, 0.3) is 11.1 Å². The van der Waals surface area contributed by atoms with Crippen molar-refractivity contribution in [1.82, 2.24) is 10.2 Å². The van der Waals surface area contributed by atoms with E-state index in [9.17, 15) is 0 Å². The van der Waals surface area contributed by atoms with Gasteiger partial charge in [0.05, 0.1) is 17.8 Å². The number of ether oxygens (including phenoxy) is 1. The van der Waals surface area contributed by atoms with Gasteiger partial charge < -0.3 is 10.5 Å². The number of nitrogens with two attached hydrogens (primary N) is 1. The lowest BCUT2D eigenvalue weighted by atomic mass is 10.1. The van der Waals surface area contributed by atoms with E-state index in [1.807, 2.05) is 18.2 Å². The highest BCUT2D eigenvalue weighted by Gasteiger charge is 2.22. The summed E-state index contributed by atoms with van der Waals surface area (Å²) in [5, 5.41) is 7.25. The molecule has 0 atom stereocenters. The Bertz CT molecular complexity index is 563. The second kappa shape index (κ2) is 4.53. The first kappa shape index (κ1) is 11.4. The van der Waals surface area contributed by atoms with Gasteiger partial charge >= 0.3 is 0 Å². The average Bonchev–Trinajstić information content (AvgIpc) is 3.10. The van der Waals surface area contributed by atoms with Crippen LogP contribution in [-0.2, 0) is 0 Å². The highest BCUT2D eigenvalue weighted by Crippen LogP contribution is 2.35. The number of benzene rings is 1. The molecule has 18 heavy (non-hydrogen) atoms. The van der Waals surface area contributed by atoms with Gasteiger partial charge in [-0.3, -0.25) is 5.10 Å². The van der Waals surface area contributed by atoms with Crippen LogP contribution in [0.2, 0.25) is 5.02 Å². The highest BCUT2D eigenvalue weighted by molar-refractivity contribution is 6.32. The maximum Gasteiger partial charge on any atom is 0.138 e. The molecule has 3 rings (SSSR count). The number of aromatic amines is 1. The van der Waals surface area contributed by atoms with Crippen LogP contribution in [0, 0.1) is 5.92 Å². The van der Waals surface area contributed by atoms with Gasteiger partial charge in [-0.1, -0.05) is 17.7 Å². The predicted octanol–water partition coefficient (Wildman–Crippen LogP) is 3.10. The summed E-state index contributed by atoms with van der Waals surface area (Å²) in [4.78, 5) is 0. The molecule has 5 heteroatoms. The first-order valence-electron chi connectivity index (χ1n) is 5.95. The fourth-order valence-electron chi connectivity index (χ4n) is 1.80. The van der Waals surface area contributed by atoms with Crippen LogP contribution < -0.4 is 10.5 Å². The lowest BCUT2D eigenvalue weighted by molar-refractivity contribution is 0.300. The van der Waals surface area contributed by atoms with E-state index in [0.29, 0.717) is 22.5 Å². The Morgan fingerprint density at radius 3 is 2.94 bits per heavy atom. The lowest BCUT2D eigenvalue weighted by Gasteiger charge is -2.09. The Kier molecular flexibility index (Phi) is 2.88. The predicted molar refractivity (Wildman–Crippen MR) is 71.7 cm³/mol. The van der Waals surface area contributed by atoms with Gasteiger partial charge in [0.1, 0.15) is 11.6 Å². The van der Waals surface area contributed by atoms with Gasteiger partial charge in [0.2, 0.25) is 0 Å². The molecule has 1 aromatic heterocycles. The number of H-pyrrole nitrogens is 1.